The van der Waals surface area contributed by atoms with Crippen molar-refractivity contribution in [3.05, 3.63) is 52.8 Å². The molecule has 3 rings (SSSR count). The Morgan fingerprint density at radius 3 is 2.84 bits per heavy atom. The molecule has 1 amide bonds. The Bertz CT molecular complexity index is 671. The van der Waals surface area contributed by atoms with Crippen molar-refractivity contribution in [2.45, 2.75) is 51.6 Å². The first-order valence-corrected chi connectivity index (χ1v) is 8.89. The molecule has 0 fully saturated rings. The third-order valence-corrected chi connectivity index (χ3v) is 4.62. The molecule has 1 aromatic carbocycles. The summed E-state index contributed by atoms with van der Waals surface area (Å²) >= 11 is 0. The first kappa shape index (κ1) is 19.5. The zero-order chi connectivity index (χ0) is 16.8. The minimum absolute atomic E-state index is 0. The Hall–Kier alpha value is -1.85. The van der Waals surface area contributed by atoms with Crippen molar-refractivity contribution in [1.82, 2.24) is 20.8 Å². The summed E-state index contributed by atoms with van der Waals surface area (Å²) in [4.78, 5) is 12.7. The summed E-state index contributed by atoms with van der Waals surface area (Å²) in [5.41, 5.74) is 3.99. The highest BCUT2D eigenvalue weighted by atomic mass is 35.5. The van der Waals surface area contributed by atoms with Crippen LogP contribution < -0.4 is 10.6 Å². The fourth-order valence-corrected chi connectivity index (χ4v) is 3.29. The number of amides is 1. The number of H-pyrrole nitrogens is 1. The van der Waals surface area contributed by atoms with Gasteiger partial charge in [-0.15, -0.1) is 12.4 Å². The van der Waals surface area contributed by atoms with Gasteiger partial charge >= 0.3 is 0 Å². The maximum Gasteiger partial charge on any atom is 0.272 e. The predicted molar refractivity (Wildman–Crippen MR) is 102 cm³/mol. The van der Waals surface area contributed by atoms with Crippen molar-refractivity contribution in [1.29, 1.82) is 0 Å². The van der Waals surface area contributed by atoms with Gasteiger partial charge < -0.3 is 10.6 Å². The van der Waals surface area contributed by atoms with Crippen molar-refractivity contribution in [3.63, 3.8) is 0 Å². The van der Waals surface area contributed by atoms with Gasteiger partial charge in [0.25, 0.3) is 5.91 Å². The van der Waals surface area contributed by atoms with E-state index >= 15 is 0 Å². The van der Waals surface area contributed by atoms with Gasteiger partial charge in [-0.25, -0.2) is 0 Å². The summed E-state index contributed by atoms with van der Waals surface area (Å²) in [7, 11) is 0. The van der Waals surface area contributed by atoms with Crippen LogP contribution in [0.3, 0.4) is 0 Å². The molecule has 136 valence electrons. The lowest BCUT2D eigenvalue weighted by molar-refractivity contribution is 0.0926. The molecule has 0 saturated carbocycles. The number of hydrogen-bond donors (Lipinski definition) is 3. The van der Waals surface area contributed by atoms with E-state index in [9.17, 15) is 4.79 Å². The van der Waals surface area contributed by atoms with Crippen molar-refractivity contribution in [2.24, 2.45) is 0 Å². The number of aryl methyl sites for hydroxylation is 1. The molecule has 6 heteroatoms. The Labute approximate surface area is 155 Å². The van der Waals surface area contributed by atoms with Crippen LogP contribution in [0.1, 0.15) is 53.5 Å². The van der Waals surface area contributed by atoms with E-state index in [-0.39, 0.29) is 24.4 Å². The van der Waals surface area contributed by atoms with Crippen LogP contribution >= 0.6 is 12.4 Å². The molecule has 2 aromatic rings. The molecule has 2 heterocycles. The van der Waals surface area contributed by atoms with Gasteiger partial charge in [-0.1, -0.05) is 43.7 Å². The Morgan fingerprint density at radius 2 is 2.08 bits per heavy atom. The zero-order valence-electron chi connectivity index (χ0n) is 14.7. The third-order valence-electron chi connectivity index (χ3n) is 4.62. The number of fused-ring (bicyclic) bond motifs is 1. The van der Waals surface area contributed by atoms with E-state index < -0.39 is 0 Å². The molecular weight excluding hydrogens is 336 g/mol. The molecule has 0 aliphatic carbocycles. The van der Waals surface area contributed by atoms with Crippen LogP contribution in [0.15, 0.2) is 30.3 Å². The first-order valence-electron chi connectivity index (χ1n) is 8.89. The first-order chi connectivity index (χ1) is 11.8. The number of nitrogens with zero attached hydrogens (tertiary/aromatic N) is 1. The minimum Gasteiger partial charge on any atom is -0.348 e. The van der Waals surface area contributed by atoms with Gasteiger partial charge in [0, 0.05) is 36.8 Å². The second-order valence-electron chi connectivity index (χ2n) is 6.44. The van der Waals surface area contributed by atoms with Gasteiger partial charge in [0.1, 0.15) is 0 Å². The summed E-state index contributed by atoms with van der Waals surface area (Å²) in [6.07, 6.45) is 4.88. The van der Waals surface area contributed by atoms with E-state index in [1.807, 2.05) is 6.07 Å². The maximum atomic E-state index is 12.7. The molecule has 25 heavy (non-hydrogen) atoms. The van der Waals surface area contributed by atoms with Crippen LogP contribution in [-0.2, 0) is 19.4 Å². The van der Waals surface area contributed by atoms with Crippen molar-refractivity contribution >= 4 is 18.3 Å². The van der Waals surface area contributed by atoms with Gasteiger partial charge in [0.2, 0.25) is 0 Å². The SMILES string of the molecule is CCCC(CCc1ccccc1)NC(=O)c1n[nH]c2c1CNCC2.Cl. The molecule has 1 aromatic heterocycles. The van der Waals surface area contributed by atoms with Crippen LogP contribution in [0.2, 0.25) is 0 Å². The monoisotopic (exact) mass is 362 g/mol. The Kier molecular flexibility index (Phi) is 7.47. The fraction of sp³-hybridized carbons (Fsp3) is 0.474. The molecule has 1 aliphatic heterocycles. The number of aromatic nitrogens is 2. The Balaban J connectivity index is 0.00000225. The van der Waals surface area contributed by atoms with E-state index in [1.54, 1.807) is 0 Å². The van der Waals surface area contributed by atoms with E-state index in [2.05, 4.69) is 52.0 Å². The summed E-state index contributed by atoms with van der Waals surface area (Å²) in [5, 5.41) is 13.8. The van der Waals surface area contributed by atoms with Crippen LogP contribution in [-0.4, -0.2) is 28.7 Å². The average molecular weight is 363 g/mol. The van der Waals surface area contributed by atoms with Crippen molar-refractivity contribution < 1.29 is 4.79 Å². The number of halogens is 1. The van der Waals surface area contributed by atoms with Crippen molar-refractivity contribution in [3.8, 4) is 0 Å². The number of carbonyl (C=O) groups excluding carboxylic acids is 1. The van der Waals surface area contributed by atoms with E-state index in [0.717, 1.165) is 56.5 Å². The second kappa shape index (κ2) is 9.59. The minimum atomic E-state index is -0.0530. The second-order valence-corrected chi connectivity index (χ2v) is 6.44. The van der Waals surface area contributed by atoms with Crippen LogP contribution in [0, 0.1) is 0 Å². The van der Waals surface area contributed by atoms with Crippen LogP contribution in [0.5, 0.6) is 0 Å². The predicted octanol–water partition coefficient (Wildman–Crippen LogP) is 3.01. The molecular formula is C19H27ClN4O. The topological polar surface area (TPSA) is 69.8 Å². The molecule has 0 saturated heterocycles. The number of benzene rings is 1. The number of aromatic amines is 1. The fourth-order valence-electron chi connectivity index (χ4n) is 3.29. The number of nitrogens with one attached hydrogen (secondary N) is 3. The lowest BCUT2D eigenvalue weighted by Gasteiger charge is -2.19. The zero-order valence-corrected chi connectivity index (χ0v) is 15.5. The Morgan fingerprint density at radius 1 is 1.28 bits per heavy atom. The third kappa shape index (κ3) is 5.06. The van der Waals surface area contributed by atoms with Crippen LogP contribution in [0.25, 0.3) is 0 Å². The largest absolute Gasteiger partial charge is 0.348 e. The molecule has 3 N–H and O–H groups in total. The molecule has 0 radical (unpaired) electrons. The standard InChI is InChI=1S/C19H26N4O.ClH/c1-2-6-15(10-9-14-7-4-3-5-8-14)21-19(24)18-16-13-20-12-11-17(16)22-23-18;/h3-5,7-8,15,20H,2,6,9-13H2,1H3,(H,21,24)(H,22,23);1H. The lowest BCUT2D eigenvalue weighted by Crippen LogP contribution is -2.36. The van der Waals surface area contributed by atoms with Gasteiger partial charge in [0.15, 0.2) is 5.69 Å². The number of hydrogen-bond acceptors (Lipinski definition) is 3. The normalized spacial score (nSPS) is 14.3. The molecule has 1 unspecified atom stereocenters. The molecule has 1 aliphatic rings. The summed E-state index contributed by atoms with van der Waals surface area (Å²) in [6, 6.07) is 10.6. The van der Waals surface area contributed by atoms with E-state index in [1.165, 1.54) is 5.56 Å². The lowest BCUT2D eigenvalue weighted by atomic mass is 10.0. The molecule has 0 bridgehead atoms. The number of carbonyl (C=O) groups is 1. The quantitative estimate of drug-likeness (QED) is 0.709. The number of rotatable bonds is 7. The van der Waals surface area contributed by atoms with Crippen molar-refractivity contribution in [2.75, 3.05) is 6.54 Å². The van der Waals surface area contributed by atoms with Gasteiger partial charge in [-0.2, -0.15) is 5.10 Å². The highest BCUT2D eigenvalue weighted by Crippen LogP contribution is 2.16. The molecule has 5 nitrogen and oxygen atoms in total. The van der Waals surface area contributed by atoms with E-state index in [4.69, 9.17) is 0 Å². The smallest absolute Gasteiger partial charge is 0.272 e. The van der Waals surface area contributed by atoms with Gasteiger partial charge in [-0.3, -0.25) is 9.89 Å². The van der Waals surface area contributed by atoms with Gasteiger partial charge in [-0.05, 0) is 24.8 Å². The highest BCUT2D eigenvalue weighted by molar-refractivity contribution is 5.94. The highest BCUT2D eigenvalue weighted by Gasteiger charge is 2.23. The average Bonchev–Trinajstić information content (AvgIpc) is 3.05. The van der Waals surface area contributed by atoms with Gasteiger partial charge in [0.05, 0.1) is 0 Å². The molecule has 0 spiro atoms. The maximum absolute atomic E-state index is 12.7. The summed E-state index contributed by atoms with van der Waals surface area (Å²) < 4.78 is 0. The van der Waals surface area contributed by atoms with Crippen LogP contribution in [0.4, 0.5) is 0 Å². The summed E-state index contributed by atoms with van der Waals surface area (Å²) in [6.45, 7) is 3.81. The molecule has 1 atom stereocenters. The summed E-state index contributed by atoms with van der Waals surface area (Å²) in [5.74, 6) is -0.0530. The van der Waals surface area contributed by atoms with E-state index in [0.29, 0.717) is 5.69 Å².